The van der Waals surface area contributed by atoms with E-state index in [1.807, 2.05) is 12.3 Å². The number of imidazole rings is 1. The molecule has 68 heavy (non-hydrogen) atoms. The molecule has 2 heterocycles. The van der Waals surface area contributed by atoms with Crippen molar-refractivity contribution in [1.29, 1.82) is 0 Å². The molecule has 8 aromatic carbocycles. The Kier molecular flexibility index (Phi) is 11.7. The second kappa shape index (κ2) is 18.1. The molecule has 0 fully saturated rings. The molecule has 0 amide bonds. The summed E-state index contributed by atoms with van der Waals surface area (Å²) in [6, 6.07) is 69.2. The van der Waals surface area contributed by atoms with Gasteiger partial charge in [-0.25, -0.2) is 4.98 Å². The van der Waals surface area contributed by atoms with Crippen LogP contribution in [0.5, 0.6) is 5.75 Å². The first-order chi connectivity index (χ1) is 32.9. The minimum Gasteiger partial charge on any atom is -0.507 e. The van der Waals surface area contributed by atoms with Crippen molar-refractivity contribution in [2.45, 2.75) is 65.7 Å². The Balaban J connectivity index is 1.21. The third-order valence-corrected chi connectivity index (χ3v) is 13.3. The van der Waals surface area contributed by atoms with Crippen LogP contribution >= 0.6 is 0 Å². The minimum absolute atomic E-state index is 0.0755. The van der Waals surface area contributed by atoms with E-state index in [1.165, 1.54) is 16.7 Å². The zero-order valence-electron chi connectivity index (χ0n) is 40.0. The largest absolute Gasteiger partial charge is 0.507 e. The number of aromatic hydroxyl groups is 1. The van der Waals surface area contributed by atoms with Gasteiger partial charge in [0.25, 0.3) is 0 Å². The number of hydrogen-bond acceptors (Lipinski definition) is 3. The van der Waals surface area contributed by atoms with Gasteiger partial charge in [0.05, 0.1) is 28.0 Å². The fraction of sp³-hybridized carbons (Fsp3) is 0.156. The number of pyridine rings is 1. The van der Waals surface area contributed by atoms with Crippen LogP contribution < -0.4 is 0 Å². The molecule has 10 aromatic rings. The zero-order chi connectivity index (χ0) is 47.1. The maximum absolute atomic E-state index is 12.4. The molecule has 0 aliphatic carbocycles. The molecule has 4 nitrogen and oxygen atoms in total. The molecule has 0 bridgehead atoms. The summed E-state index contributed by atoms with van der Waals surface area (Å²) in [5, 5.41) is 12.4. The molecule has 334 valence electrons. The van der Waals surface area contributed by atoms with Crippen LogP contribution in [0.15, 0.2) is 200 Å². The van der Waals surface area contributed by atoms with E-state index < -0.39 is 0 Å². The lowest BCUT2D eigenvalue weighted by molar-refractivity contribution is 0.466. The fourth-order valence-corrected chi connectivity index (χ4v) is 9.41. The van der Waals surface area contributed by atoms with E-state index in [1.54, 1.807) is 0 Å². The lowest BCUT2D eigenvalue weighted by atomic mass is 9.85. The van der Waals surface area contributed by atoms with E-state index in [2.05, 4.69) is 241 Å². The third kappa shape index (κ3) is 8.55. The number of para-hydroxylation sites is 1. The van der Waals surface area contributed by atoms with E-state index in [4.69, 9.17) is 9.97 Å². The number of rotatable bonds is 10. The van der Waals surface area contributed by atoms with Crippen LogP contribution in [-0.2, 0) is 5.41 Å². The van der Waals surface area contributed by atoms with E-state index in [9.17, 15) is 5.11 Å². The third-order valence-electron chi connectivity index (χ3n) is 13.3. The highest BCUT2D eigenvalue weighted by Gasteiger charge is 2.26. The molecule has 0 saturated carbocycles. The molecule has 0 atom stereocenters. The molecule has 0 radical (unpaired) electrons. The molecular weight excluding hydrogens is 827 g/mol. The van der Waals surface area contributed by atoms with Crippen molar-refractivity contribution in [3.8, 4) is 89.7 Å². The summed E-state index contributed by atoms with van der Waals surface area (Å²) in [7, 11) is 0. The van der Waals surface area contributed by atoms with Gasteiger partial charge in [-0.2, -0.15) is 0 Å². The Morgan fingerprint density at radius 2 is 1.04 bits per heavy atom. The summed E-state index contributed by atoms with van der Waals surface area (Å²) in [6.07, 6.45) is 1.91. The first-order valence-corrected chi connectivity index (χ1v) is 23.8. The van der Waals surface area contributed by atoms with Crippen LogP contribution in [0.4, 0.5) is 0 Å². The average Bonchev–Trinajstić information content (AvgIpc) is 3.76. The van der Waals surface area contributed by atoms with Gasteiger partial charge in [0.1, 0.15) is 11.6 Å². The van der Waals surface area contributed by atoms with Gasteiger partial charge in [-0.05, 0) is 133 Å². The van der Waals surface area contributed by atoms with Gasteiger partial charge < -0.3 is 5.11 Å². The number of nitrogens with zero attached hydrogens (tertiary/aromatic N) is 3. The van der Waals surface area contributed by atoms with Gasteiger partial charge in [-0.3, -0.25) is 9.55 Å². The summed E-state index contributed by atoms with van der Waals surface area (Å²) in [4.78, 5) is 10.7. The Morgan fingerprint density at radius 1 is 0.456 bits per heavy atom. The van der Waals surface area contributed by atoms with Crippen molar-refractivity contribution in [3.63, 3.8) is 0 Å². The smallest absolute Gasteiger partial charge is 0.149 e. The number of fused-ring (bicyclic) bond motifs is 1. The molecule has 10 rings (SSSR count). The SMILES string of the molecule is CC(C)c1cc(-c2nc3c(-c4cc(-c5ccccc5)cc(-c5cc(-c6ccc(-c7ccccc7)cc6)ccn5)c4)cccc3n2-c2ccc(C(C)(C)C)cc2-c2ccccc2)c(O)c(C(C)C)c1. The monoisotopic (exact) mass is 883 g/mol. The highest BCUT2D eigenvalue weighted by Crippen LogP contribution is 2.45. The summed E-state index contributed by atoms with van der Waals surface area (Å²) in [5.41, 5.74) is 19.7. The van der Waals surface area contributed by atoms with Crippen molar-refractivity contribution in [3.05, 3.63) is 217 Å². The Labute approximate surface area is 401 Å². The van der Waals surface area contributed by atoms with Gasteiger partial charge in [0.15, 0.2) is 0 Å². The molecular formula is C64H57N3O. The van der Waals surface area contributed by atoms with Gasteiger partial charge in [-0.15, -0.1) is 0 Å². The van der Waals surface area contributed by atoms with Crippen LogP contribution in [-0.4, -0.2) is 19.6 Å². The first kappa shape index (κ1) is 44.0. The summed E-state index contributed by atoms with van der Waals surface area (Å²) < 4.78 is 2.28. The van der Waals surface area contributed by atoms with Crippen LogP contribution in [0.3, 0.4) is 0 Å². The second-order valence-corrected chi connectivity index (χ2v) is 19.6. The second-order valence-electron chi connectivity index (χ2n) is 19.6. The molecule has 1 N–H and O–H groups in total. The lowest BCUT2D eigenvalue weighted by Gasteiger charge is -2.23. The Hall–Kier alpha value is -7.82. The topological polar surface area (TPSA) is 50.9 Å². The molecule has 0 aliphatic rings. The van der Waals surface area contributed by atoms with Crippen molar-refractivity contribution in [1.82, 2.24) is 14.5 Å². The maximum atomic E-state index is 12.4. The van der Waals surface area contributed by atoms with Crippen molar-refractivity contribution >= 4 is 11.0 Å². The predicted octanol–water partition coefficient (Wildman–Crippen LogP) is 17.3. The number of phenols is 1. The van der Waals surface area contributed by atoms with Crippen molar-refractivity contribution < 1.29 is 5.11 Å². The van der Waals surface area contributed by atoms with Crippen molar-refractivity contribution in [2.24, 2.45) is 0 Å². The highest BCUT2D eigenvalue weighted by atomic mass is 16.3. The van der Waals surface area contributed by atoms with Crippen LogP contribution in [0.1, 0.15) is 77.0 Å². The maximum Gasteiger partial charge on any atom is 0.149 e. The number of benzene rings is 8. The van der Waals surface area contributed by atoms with Gasteiger partial charge in [0.2, 0.25) is 0 Å². The fourth-order valence-electron chi connectivity index (χ4n) is 9.41. The Bertz CT molecular complexity index is 3410. The van der Waals surface area contributed by atoms with Gasteiger partial charge >= 0.3 is 0 Å². The average molecular weight is 884 g/mol. The summed E-state index contributed by atoms with van der Waals surface area (Å²) in [6.45, 7) is 15.5. The predicted molar refractivity (Wildman–Crippen MR) is 285 cm³/mol. The van der Waals surface area contributed by atoms with Crippen LogP contribution in [0, 0.1) is 0 Å². The number of hydrogen-bond donors (Lipinski definition) is 1. The quantitative estimate of drug-likeness (QED) is 0.149. The lowest BCUT2D eigenvalue weighted by Crippen LogP contribution is -2.12. The highest BCUT2D eigenvalue weighted by molar-refractivity contribution is 5.98. The van der Waals surface area contributed by atoms with Gasteiger partial charge in [-0.1, -0.05) is 188 Å². The number of aromatic nitrogens is 3. The molecule has 0 unspecified atom stereocenters. The molecule has 0 saturated heterocycles. The zero-order valence-corrected chi connectivity index (χ0v) is 40.0. The van der Waals surface area contributed by atoms with Crippen LogP contribution in [0.25, 0.3) is 95.0 Å². The molecule has 0 spiro atoms. The first-order valence-electron chi connectivity index (χ1n) is 23.8. The van der Waals surface area contributed by atoms with Gasteiger partial charge in [0, 0.05) is 22.9 Å². The Morgan fingerprint density at radius 3 is 1.68 bits per heavy atom. The summed E-state index contributed by atoms with van der Waals surface area (Å²) >= 11 is 0. The van der Waals surface area contributed by atoms with Crippen molar-refractivity contribution in [2.75, 3.05) is 0 Å². The van der Waals surface area contributed by atoms with E-state index >= 15 is 0 Å². The van der Waals surface area contributed by atoms with E-state index in [0.29, 0.717) is 5.82 Å². The standard InChI is InChI=1S/C64H57N3O/c1-41(2)49-37-55(42(3)4)62(68)57(38-49)63-66-61-54(24-17-25-60(61)67(63)59-31-30-53(64(5,6)7)40-56(59)47-22-15-10-16-23-47)51-34-50(44-20-13-9-14-21-44)35-52(36-51)58-39-48(32-33-65-58)46-28-26-45(27-29-46)43-18-11-8-12-19-43/h8-42,68H,1-7H3. The molecule has 2 aromatic heterocycles. The molecule has 0 aliphatic heterocycles. The minimum atomic E-state index is -0.0755. The van der Waals surface area contributed by atoms with Crippen LogP contribution in [0.2, 0.25) is 0 Å². The van der Waals surface area contributed by atoms with E-state index in [0.717, 1.165) is 89.2 Å². The molecule has 4 heteroatoms. The summed E-state index contributed by atoms with van der Waals surface area (Å²) in [5.74, 6) is 1.31. The van der Waals surface area contributed by atoms with E-state index in [-0.39, 0.29) is 23.0 Å². The normalized spacial score (nSPS) is 11.8. The number of phenolic OH excluding ortho intramolecular Hbond substituents is 1.